The molecule has 0 heterocycles. The summed E-state index contributed by atoms with van der Waals surface area (Å²) in [6.45, 7) is 5.18. The summed E-state index contributed by atoms with van der Waals surface area (Å²) in [6, 6.07) is 0. The lowest BCUT2D eigenvalue weighted by molar-refractivity contribution is -0.125. The molecule has 0 aliphatic rings. The first-order valence-corrected chi connectivity index (χ1v) is 13.7. The van der Waals surface area contributed by atoms with Gasteiger partial charge in [-0.15, -0.1) is 0 Å². The van der Waals surface area contributed by atoms with Gasteiger partial charge >= 0.3 is 0 Å². The standard InChI is InChI=1S/C26H54N4O3/c1-2-3-4-5-6-7-8-9-10-11-12-13-14-15-16-17-19-28-23-25(31)30-24-26(32)29-20-22-33-21-18-27/h28H,2-24,27H2,1H3,(H,29,32)(H,30,31). The van der Waals surface area contributed by atoms with Crippen LogP contribution in [0.4, 0.5) is 0 Å². The van der Waals surface area contributed by atoms with E-state index in [9.17, 15) is 9.59 Å². The zero-order chi connectivity index (χ0) is 24.2. The van der Waals surface area contributed by atoms with Crippen LogP contribution in [0.1, 0.15) is 110 Å². The lowest BCUT2D eigenvalue weighted by Gasteiger charge is -2.08. The first kappa shape index (κ1) is 31.8. The predicted octanol–water partition coefficient (Wildman–Crippen LogP) is 4.05. The van der Waals surface area contributed by atoms with Gasteiger partial charge in [-0.05, 0) is 13.0 Å². The van der Waals surface area contributed by atoms with Crippen molar-refractivity contribution in [3.63, 3.8) is 0 Å². The van der Waals surface area contributed by atoms with Crippen molar-refractivity contribution < 1.29 is 14.3 Å². The molecule has 0 aliphatic heterocycles. The first-order valence-electron chi connectivity index (χ1n) is 13.7. The van der Waals surface area contributed by atoms with Gasteiger partial charge in [0.25, 0.3) is 0 Å². The van der Waals surface area contributed by atoms with Crippen LogP contribution >= 0.6 is 0 Å². The monoisotopic (exact) mass is 470 g/mol. The first-order chi connectivity index (χ1) is 16.2. The summed E-state index contributed by atoms with van der Waals surface area (Å²) in [5.74, 6) is -0.362. The van der Waals surface area contributed by atoms with Gasteiger partial charge < -0.3 is 26.4 Å². The van der Waals surface area contributed by atoms with E-state index in [0.29, 0.717) is 26.3 Å². The van der Waals surface area contributed by atoms with Gasteiger partial charge in [-0.1, -0.05) is 103 Å². The molecule has 2 amide bonds. The minimum atomic E-state index is -0.211. The van der Waals surface area contributed by atoms with E-state index in [1.54, 1.807) is 0 Å². The molecule has 7 heteroatoms. The molecule has 0 aromatic rings. The van der Waals surface area contributed by atoms with Crippen LogP contribution in [0.25, 0.3) is 0 Å². The van der Waals surface area contributed by atoms with Crippen molar-refractivity contribution in [1.29, 1.82) is 0 Å². The van der Waals surface area contributed by atoms with E-state index in [4.69, 9.17) is 10.5 Å². The Morgan fingerprint density at radius 2 is 1.09 bits per heavy atom. The maximum absolute atomic E-state index is 11.7. The molecular weight excluding hydrogens is 416 g/mol. The molecule has 0 saturated heterocycles. The van der Waals surface area contributed by atoms with Crippen LogP contribution in [0.5, 0.6) is 0 Å². The highest BCUT2D eigenvalue weighted by atomic mass is 16.5. The van der Waals surface area contributed by atoms with Gasteiger partial charge in [0.05, 0.1) is 26.3 Å². The van der Waals surface area contributed by atoms with Gasteiger partial charge in [0, 0.05) is 13.1 Å². The molecule has 0 aliphatic carbocycles. The molecule has 0 saturated carbocycles. The van der Waals surface area contributed by atoms with E-state index in [1.807, 2.05) is 0 Å². The van der Waals surface area contributed by atoms with E-state index in [2.05, 4.69) is 22.9 Å². The third kappa shape index (κ3) is 26.9. The Balaban J connectivity index is 3.22. The fourth-order valence-corrected chi connectivity index (χ4v) is 3.75. The largest absolute Gasteiger partial charge is 0.378 e. The van der Waals surface area contributed by atoms with Gasteiger partial charge in [0.1, 0.15) is 0 Å². The second-order valence-corrected chi connectivity index (χ2v) is 9.01. The van der Waals surface area contributed by atoms with Gasteiger partial charge in [0.15, 0.2) is 0 Å². The van der Waals surface area contributed by atoms with Crippen molar-refractivity contribution in [1.82, 2.24) is 16.0 Å². The Bertz CT molecular complexity index is 436. The topological polar surface area (TPSA) is 105 Å². The number of nitrogens with two attached hydrogens (primary N) is 1. The molecule has 0 radical (unpaired) electrons. The van der Waals surface area contributed by atoms with E-state index < -0.39 is 0 Å². The summed E-state index contributed by atoms with van der Waals surface area (Å²) in [4.78, 5) is 23.3. The second-order valence-electron chi connectivity index (χ2n) is 9.01. The van der Waals surface area contributed by atoms with Gasteiger partial charge in [-0.3, -0.25) is 9.59 Å². The van der Waals surface area contributed by atoms with Crippen LogP contribution in [0.3, 0.4) is 0 Å². The molecule has 0 fully saturated rings. The number of rotatable bonds is 26. The molecule has 196 valence electrons. The lowest BCUT2D eigenvalue weighted by Crippen LogP contribution is -2.41. The quantitative estimate of drug-likeness (QED) is 0.143. The van der Waals surface area contributed by atoms with Crippen LogP contribution in [-0.4, -0.2) is 57.8 Å². The molecule has 0 rings (SSSR count). The summed E-state index contributed by atoms with van der Waals surface area (Å²) in [5, 5.41) is 8.45. The number of carbonyl (C=O) groups is 2. The fraction of sp³-hybridized carbons (Fsp3) is 0.923. The Morgan fingerprint density at radius 1 is 0.606 bits per heavy atom. The van der Waals surface area contributed by atoms with E-state index in [0.717, 1.165) is 13.0 Å². The molecule has 0 bridgehead atoms. The molecule has 33 heavy (non-hydrogen) atoms. The van der Waals surface area contributed by atoms with Crippen LogP contribution < -0.4 is 21.7 Å². The average Bonchev–Trinajstić information content (AvgIpc) is 2.81. The number of amides is 2. The van der Waals surface area contributed by atoms with Crippen LogP contribution in [-0.2, 0) is 14.3 Å². The summed E-state index contributed by atoms with van der Waals surface area (Å²) in [5.41, 5.74) is 5.31. The third-order valence-corrected chi connectivity index (χ3v) is 5.77. The summed E-state index contributed by atoms with van der Waals surface area (Å²) >= 11 is 0. The Kier molecular flexibility index (Phi) is 26.1. The van der Waals surface area contributed by atoms with Gasteiger partial charge in [-0.25, -0.2) is 0 Å². The minimum absolute atomic E-state index is 0.00352. The highest BCUT2D eigenvalue weighted by molar-refractivity contribution is 5.85. The highest BCUT2D eigenvalue weighted by Crippen LogP contribution is 2.13. The van der Waals surface area contributed by atoms with Crippen LogP contribution in [0.2, 0.25) is 0 Å². The Morgan fingerprint density at radius 3 is 1.61 bits per heavy atom. The van der Waals surface area contributed by atoms with Crippen molar-refractivity contribution in [2.24, 2.45) is 5.73 Å². The van der Waals surface area contributed by atoms with Crippen LogP contribution in [0.15, 0.2) is 0 Å². The fourth-order valence-electron chi connectivity index (χ4n) is 3.75. The van der Waals surface area contributed by atoms with Crippen molar-refractivity contribution in [2.45, 2.75) is 110 Å². The number of ether oxygens (including phenoxy) is 1. The number of hydrogen-bond donors (Lipinski definition) is 4. The number of unbranched alkanes of at least 4 members (excludes halogenated alkanes) is 15. The zero-order valence-corrected chi connectivity index (χ0v) is 21.6. The summed E-state index contributed by atoms with van der Waals surface area (Å²) in [7, 11) is 0. The van der Waals surface area contributed by atoms with Crippen molar-refractivity contribution >= 4 is 11.8 Å². The smallest absolute Gasteiger partial charge is 0.239 e. The second kappa shape index (κ2) is 27.1. The number of carbonyl (C=O) groups excluding carboxylic acids is 2. The van der Waals surface area contributed by atoms with Crippen LogP contribution in [0, 0.1) is 0 Å². The molecule has 7 nitrogen and oxygen atoms in total. The third-order valence-electron chi connectivity index (χ3n) is 5.77. The molecule has 0 unspecified atom stereocenters. The SMILES string of the molecule is CCCCCCCCCCCCCCCCCCNCC(=O)NCC(=O)NCCOCCN. The van der Waals surface area contributed by atoms with E-state index in [1.165, 1.54) is 96.3 Å². The Hall–Kier alpha value is -1.18. The number of hydrogen-bond acceptors (Lipinski definition) is 5. The molecule has 5 N–H and O–H groups in total. The maximum atomic E-state index is 11.7. The van der Waals surface area contributed by atoms with Crippen molar-refractivity contribution in [3.05, 3.63) is 0 Å². The normalized spacial score (nSPS) is 11.0. The summed E-state index contributed by atoms with van der Waals surface area (Å²) in [6.07, 6.45) is 21.8. The van der Waals surface area contributed by atoms with E-state index in [-0.39, 0.29) is 24.9 Å². The Labute approximate surface area is 203 Å². The average molecular weight is 471 g/mol. The molecule has 0 atom stereocenters. The molecule has 0 spiro atoms. The predicted molar refractivity (Wildman–Crippen MR) is 138 cm³/mol. The maximum Gasteiger partial charge on any atom is 0.239 e. The van der Waals surface area contributed by atoms with E-state index >= 15 is 0 Å². The van der Waals surface area contributed by atoms with Crippen molar-refractivity contribution in [2.75, 3.05) is 45.9 Å². The minimum Gasteiger partial charge on any atom is -0.378 e. The number of nitrogens with one attached hydrogen (secondary N) is 3. The highest BCUT2D eigenvalue weighted by Gasteiger charge is 2.04. The van der Waals surface area contributed by atoms with Crippen molar-refractivity contribution in [3.8, 4) is 0 Å². The molecular formula is C26H54N4O3. The zero-order valence-electron chi connectivity index (χ0n) is 21.6. The molecule has 0 aromatic heterocycles. The lowest BCUT2D eigenvalue weighted by atomic mass is 10.0. The van der Waals surface area contributed by atoms with Gasteiger partial charge in [0.2, 0.25) is 11.8 Å². The van der Waals surface area contributed by atoms with Gasteiger partial charge in [-0.2, -0.15) is 0 Å². The summed E-state index contributed by atoms with van der Waals surface area (Å²) < 4.78 is 5.17. The molecule has 0 aromatic carbocycles.